The van der Waals surface area contributed by atoms with Gasteiger partial charge in [0.15, 0.2) is 0 Å². The summed E-state index contributed by atoms with van der Waals surface area (Å²) in [5.41, 5.74) is 0.731. The zero-order valence-electron chi connectivity index (χ0n) is 17.9. The van der Waals surface area contributed by atoms with Crippen LogP contribution in [0.3, 0.4) is 0 Å². The Hall–Kier alpha value is -4.46. The first-order valence-electron chi connectivity index (χ1n) is 10.4. The van der Waals surface area contributed by atoms with E-state index in [1.165, 1.54) is 17.2 Å². The van der Waals surface area contributed by atoms with Crippen molar-refractivity contribution in [2.75, 3.05) is 6.54 Å². The van der Waals surface area contributed by atoms with Gasteiger partial charge >= 0.3 is 0 Å². The lowest BCUT2D eigenvalue weighted by Crippen LogP contribution is -2.38. The Morgan fingerprint density at radius 1 is 1.06 bits per heavy atom. The van der Waals surface area contributed by atoms with Gasteiger partial charge in [-0.2, -0.15) is 0 Å². The molecule has 4 aromatic rings. The number of para-hydroxylation sites is 1. The van der Waals surface area contributed by atoms with Gasteiger partial charge in [0.25, 0.3) is 17.4 Å². The van der Waals surface area contributed by atoms with Crippen LogP contribution in [-0.2, 0) is 11.3 Å². The Kier molecular flexibility index (Phi) is 6.45. The average molecular weight is 442 g/mol. The zero-order valence-corrected chi connectivity index (χ0v) is 17.9. The molecule has 33 heavy (non-hydrogen) atoms. The molecule has 2 aromatic heterocycles. The van der Waals surface area contributed by atoms with Gasteiger partial charge in [0, 0.05) is 18.2 Å². The van der Waals surface area contributed by atoms with Gasteiger partial charge in [-0.3, -0.25) is 14.4 Å². The van der Waals surface area contributed by atoms with Crippen molar-refractivity contribution in [3.63, 3.8) is 0 Å². The van der Waals surface area contributed by atoms with E-state index in [4.69, 9.17) is 4.42 Å². The van der Waals surface area contributed by atoms with Gasteiger partial charge in [0.1, 0.15) is 17.3 Å². The summed E-state index contributed by atoms with van der Waals surface area (Å²) in [5.74, 6) is -0.0929. The maximum absolute atomic E-state index is 13.4. The third-order valence-electron chi connectivity index (χ3n) is 5.02. The van der Waals surface area contributed by atoms with Crippen molar-refractivity contribution in [1.82, 2.24) is 20.2 Å². The minimum absolute atomic E-state index is 0.0452. The number of hydrogen-bond donors (Lipinski definition) is 2. The minimum atomic E-state index is -0.436. The maximum Gasteiger partial charge on any atom is 0.270 e. The van der Waals surface area contributed by atoms with Crippen LogP contribution in [0, 0.1) is 0 Å². The zero-order chi connectivity index (χ0) is 23.2. The van der Waals surface area contributed by atoms with Crippen molar-refractivity contribution >= 4 is 28.8 Å². The summed E-state index contributed by atoms with van der Waals surface area (Å²) in [6.07, 6.45) is 2.96. The number of aromatic nitrogens is 2. The summed E-state index contributed by atoms with van der Waals surface area (Å²) >= 11 is 0. The van der Waals surface area contributed by atoms with Crippen LogP contribution >= 0.6 is 0 Å². The first-order valence-corrected chi connectivity index (χ1v) is 10.4. The normalized spacial score (nSPS) is 11.4. The fourth-order valence-corrected chi connectivity index (χ4v) is 3.34. The van der Waals surface area contributed by atoms with E-state index >= 15 is 0 Å². The number of amides is 2. The summed E-state index contributed by atoms with van der Waals surface area (Å²) in [5, 5.41) is 3.17. The van der Waals surface area contributed by atoms with Crippen molar-refractivity contribution in [2.45, 2.75) is 13.5 Å². The van der Waals surface area contributed by atoms with E-state index in [0.29, 0.717) is 34.6 Å². The molecule has 4 rings (SSSR count). The van der Waals surface area contributed by atoms with E-state index in [2.05, 4.69) is 15.3 Å². The number of rotatable bonds is 7. The molecule has 0 unspecified atom stereocenters. The van der Waals surface area contributed by atoms with Crippen LogP contribution < -0.4 is 10.9 Å². The second-order valence-corrected chi connectivity index (χ2v) is 7.24. The molecule has 0 bridgehead atoms. The van der Waals surface area contributed by atoms with Crippen LogP contribution in [-0.4, -0.2) is 33.2 Å². The van der Waals surface area contributed by atoms with E-state index in [1.54, 1.807) is 73.7 Å². The summed E-state index contributed by atoms with van der Waals surface area (Å²) in [6, 6.07) is 19.0. The second kappa shape index (κ2) is 9.78. The van der Waals surface area contributed by atoms with Crippen LogP contribution in [0.25, 0.3) is 17.0 Å². The molecule has 2 N–H and O–H groups in total. The molecule has 0 aliphatic heterocycles. The molecule has 2 heterocycles. The third kappa shape index (κ3) is 5.07. The summed E-state index contributed by atoms with van der Waals surface area (Å²) in [6.45, 7) is 2.19. The number of nitrogens with zero attached hydrogens (tertiary/aromatic N) is 2. The third-order valence-corrected chi connectivity index (χ3v) is 5.02. The molecule has 0 atom stereocenters. The monoisotopic (exact) mass is 442 g/mol. The lowest BCUT2D eigenvalue weighted by Gasteiger charge is -2.22. The lowest BCUT2D eigenvalue weighted by molar-refractivity contribution is -0.127. The summed E-state index contributed by atoms with van der Waals surface area (Å²) in [7, 11) is 0. The Labute approximate surface area is 189 Å². The first-order chi connectivity index (χ1) is 16.0. The van der Waals surface area contributed by atoms with Crippen molar-refractivity contribution in [3.05, 3.63) is 106 Å². The number of furan rings is 1. The number of hydrogen-bond acceptors (Lipinski definition) is 5. The number of carbonyl (C=O) groups excluding carboxylic acids is 2. The van der Waals surface area contributed by atoms with Crippen LogP contribution in [0.5, 0.6) is 0 Å². The number of fused-ring (bicyclic) bond motifs is 1. The number of carbonyl (C=O) groups is 2. The predicted octanol–water partition coefficient (Wildman–Crippen LogP) is 3.34. The summed E-state index contributed by atoms with van der Waals surface area (Å²) in [4.78, 5) is 47.2. The fourth-order valence-electron chi connectivity index (χ4n) is 3.34. The molecule has 0 aliphatic rings. The van der Waals surface area contributed by atoms with Crippen molar-refractivity contribution in [1.29, 1.82) is 0 Å². The fraction of sp³-hybridized carbons (Fsp3) is 0.120. The molecule has 0 aliphatic carbocycles. The number of aromatic amines is 1. The van der Waals surface area contributed by atoms with Gasteiger partial charge in [-0.25, -0.2) is 4.98 Å². The predicted molar refractivity (Wildman–Crippen MR) is 124 cm³/mol. The standard InChI is InChI=1S/C25H22N4O4/c1-2-29(16-22-26-20-13-7-6-12-19(20)24(31)28-22)25(32)21(15-18-11-8-14-33-18)27-23(30)17-9-4-3-5-10-17/h3-15H,2,16H2,1H3,(H,27,30)(H,26,28,31). The van der Waals surface area contributed by atoms with Crippen molar-refractivity contribution < 1.29 is 14.0 Å². The first kappa shape index (κ1) is 21.8. The van der Waals surface area contributed by atoms with Gasteiger partial charge in [-0.05, 0) is 43.3 Å². The van der Waals surface area contributed by atoms with Crippen LogP contribution in [0.4, 0.5) is 0 Å². The quantitative estimate of drug-likeness (QED) is 0.427. The SMILES string of the molecule is CCN(Cc1nc2ccccc2c(=O)[nH]1)C(=O)C(=Cc1ccco1)NC(=O)c1ccccc1. The molecule has 0 radical (unpaired) electrons. The van der Waals surface area contributed by atoms with E-state index in [9.17, 15) is 14.4 Å². The molecular formula is C25H22N4O4. The van der Waals surface area contributed by atoms with E-state index in [-0.39, 0.29) is 17.8 Å². The Balaban J connectivity index is 1.62. The minimum Gasteiger partial charge on any atom is -0.465 e. The van der Waals surface area contributed by atoms with E-state index in [0.717, 1.165) is 0 Å². The molecule has 0 spiro atoms. The number of benzene rings is 2. The average Bonchev–Trinajstić information content (AvgIpc) is 3.35. The molecule has 8 nitrogen and oxygen atoms in total. The van der Waals surface area contributed by atoms with Gasteiger partial charge < -0.3 is 19.6 Å². The maximum atomic E-state index is 13.4. The molecule has 2 amide bonds. The van der Waals surface area contributed by atoms with Crippen LogP contribution in [0.15, 0.2) is 87.9 Å². The molecule has 0 fully saturated rings. The molecule has 166 valence electrons. The molecule has 0 saturated carbocycles. The number of nitrogens with one attached hydrogen (secondary N) is 2. The second-order valence-electron chi connectivity index (χ2n) is 7.24. The smallest absolute Gasteiger partial charge is 0.270 e. The van der Waals surface area contributed by atoms with Gasteiger partial charge in [0.05, 0.1) is 23.7 Å². The highest BCUT2D eigenvalue weighted by molar-refractivity contribution is 6.05. The van der Waals surface area contributed by atoms with Crippen molar-refractivity contribution in [3.8, 4) is 0 Å². The Morgan fingerprint density at radius 3 is 2.55 bits per heavy atom. The number of likely N-dealkylation sites (N-methyl/N-ethyl adjacent to an activating group) is 1. The molecular weight excluding hydrogens is 420 g/mol. The van der Waals surface area contributed by atoms with Gasteiger partial charge in [-0.15, -0.1) is 0 Å². The largest absolute Gasteiger partial charge is 0.465 e. The Bertz CT molecular complexity index is 1360. The highest BCUT2D eigenvalue weighted by Gasteiger charge is 2.21. The van der Waals surface area contributed by atoms with Crippen molar-refractivity contribution in [2.24, 2.45) is 0 Å². The molecule has 0 saturated heterocycles. The topological polar surface area (TPSA) is 108 Å². The van der Waals surface area contributed by atoms with E-state index in [1.807, 2.05) is 0 Å². The number of H-pyrrole nitrogens is 1. The van der Waals surface area contributed by atoms with Crippen LogP contribution in [0.2, 0.25) is 0 Å². The highest BCUT2D eigenvalue weighted by Crippen LogP contribution is 2.13. The highest BCUT2D eigenvalue weighted by atomic mass is 16.3. The van der Waals surface area contributed by atoms with Gasteiger partial charge in [0.2, 0.25) is 0 Å². The summed E-state index contributed by atoms with van der Waals surface area (Å²) < 4.78 is 5.34. The lowest BCUT2D eigenvalue weighted by atomic mass is 10.2. The molecule has 2 aromatic carbocycles. The van der Waals surface area contributed by atoms with E-state index < -0.39 is 11.8 Å². The Morgan fingerprint density at radius 2 is 1.82 bits per heavy atom. The van der Waals surface area contributed by atoms with Gasteiger partial charge in [-0.1, -0.05) is 30.3 Å². The van der Waals surface area contributed by atoms with Crippen LogP contribution in [0.1, 0.15) is 28.9 Å². The molecule has 8 heteroatoms.